The maximum Gasteiger partial charge on any atom is 0.166 e. The number of carbonyl (C=O) groups is 1. The molecule has 1 heterocycles. The number of benzene rings is 2. The van der Waals surface area contributed by atoms with Crippen LogP contribution in [0.25, 0.3) is 0 Å². The van der Waals surface area contributed by atoms with Gasteiger partial charge in [0.15, 0.2) is 5.78 Å². The highest BCUT2D eigenvalue weighted by Crippen LogP contribution is 2.22. The second kappa shape index (κ2) is 8.22. The Morgan fingerprint density at radius 3 is 2.21 bits per heavy atom. The summed E-state index contributed by atoms with van der Waals surface area (Å²) in [5, 5.41) is 0. The van der Waals surface area contributed by atoms with E-state index >= 15 is 0 Å². The molecule has 0 aliphatic carbocycles. The second-order valence-electron chi connectivity index (χ2n) is 6.75. The van der Waals surface area contributed by atoms with Crippen LogP contribution in [0.2, 0.25) is 0 Å². The molecule has 126 valence electrons. The van der Waals surface area contributed by atoms with Crippen molar-refractivity contribution in [2.75, 3.05) is 19.6 Å². The van der Waals surface area contributed by atoms with Crippen molar-refractivity contribution in [1.29, 1.82) is 0 Å². The largest absolute Gasteiger partial charge is 0.326 e. The fourth-order valence-electron chi connectivity index (χ4n) is 3.53. The number of Topliss-reactive ketones (excluding diaryl/α,β-unsaturated/α-hetero) is 1. The van der Waals surface area contributed by atoms with Crippen LogP contribution in [0.1, 0.15) is 28.8 Å². The van der Waals surface area contributed by atoms with E-state index in [4.69, 9.17) is 5.73 Å². The van der Waals surface area contributed by atoms with Crippen LogP contribution in [0.4, 0.5) is 0 Å². The van der Waals surface area contributed by atoms with Crippen LogP contribution in [0.5, 0.6) is 0 Å². The number of hydrogen-bond donors (Lipinski definition) is 1. The third-order valence-electron chi connectivity index (χ3n) is 4.85. The average Bonchev–Trinajstić information content (AvgIpc) is 2.63. The lowest BCUT2D eigenvalue weighted by molar-refractivity contribution is 0.0836. The van der Waals surface area contributed by atoms with Gasteiger partial charge in [0.2, 0.25) is 0 Å². The lowest BCUT2D eigenvalue weighted by Crippen LogP contribution is -2.43. The molecular weight excluding hydrogens is 296 g/mol. The number of ketones is 1. The zero-order valence-corrected chi connectivity index (χ0v) is 14.1. The molecule has 24 heavy (non-hydrogen) atoms. The van der Waals surface area contributed by atoms with E-state index in [1.165, 1.54) is 5.56 Å². The Balaban J connectivity index is 1.46. The molecule has 3 nitrogen and oxygen atoms in total. The van der Waals surface area contributed by atoms with Crippen LogP contribution in [0.3, 0.4) is 0 Å². The van der Waals surface area contributed by atoms with Gasteiger partial charge >= 0.3 is 0 Å². The van der Waals surface area contributed by atoms with Gasteiger partial charge in [-0.25, -0.2) is 0 Å². The van der Waals surface area contributed by atoms with Crippen molar-refractivity contribution < 1.29 is 4.79 Å². The Labute approximate surface area is 144 Å². The summed E-state index contributed by atoms with van der Waals surface area (Å²) in [6, 6.07) is 20.2. The number of hydrogen-bond acceptors (Lipinski definition) is 3. The lowest BCUT2D eigenvalue weighted by atomic mass is 9.88. The predicted octanol–water partition coefficient (Wildman–Crippen LogP) is 3.15. The molecule has 0 radical (unpaired) electrons. The van der Waals surface area contributed by atoms with Gasteiger partial charge < -0.3 is 10.6 Å². The Morgan fingerprint density at radius 1 is 1.00 bits per heavy atom. The highest BCUT2D eigenvalue weighted by atomic mass is 16.1. The molecule has 3 heteroatoms. The summed E-state index contributed by atoms with van der Waals surface area (Å²) >= 11 is 0. The van der Waals surface area contributed by atoms with Crippen LogP contribution in [0.15, 0.2) is 60.7 Å². The van der Waals surface area contributed by atoms with Crippen molar-refractivity contribution in [3.8, 4) is 0 Å². The molecule has 0 bridgehead atoms. The molecule has 0 aromatic heterocycles. The van der Waals surface area contributed by atoms with Crippen LogP contribution < -0.4 is 5.73 Å². The van der Waals surface area contributed by atoms with Gasteiger partial charge in [-0.05, 0) is 37.9 Å². The van der Waals surface area contributed by atoms with Crippen molar-refractivity contribution >= 4 is 5.78 Å². The molecular formula is C21H26N2O. The maximum absolute atomic E-state index is 12.5. The Morgan fingerprint density at radius 2 is 1.58 bits per heavy atom. The van der Waals surface area contributed by atoms with Gasteiger partial charge in [0.05, 0.1) is 0 Å². The molecule has 0 amide bonds. The number of carbonyl (C=O) groups excluding carboxylic acids is 1. The smallest absolute Gasteiger partial charge is 0.166 e. The predicted molar refractivity (Wildman–Crippen MR) is 98.1 cm³/mol. The van der Waals surface area contributed by atoms with Gasteiger partial charge in [0.1, 0.15) is 0 Å². The molecule has 1 aliphatic rings. The van der Waals surface area contributed by atoms with E-state index in [0.717, 1.165) is 44.5 Å². The summed E-state index contributed by atoms with van der Waals surface area (Å²) in [6.07, 6.45) is 2.78. The topological polar surface area (TPSA) is 46.3 Å². The van der Waals surface area contributed by atoms with Gasteiger partial charge in [0.25, 0.3) is 0 Å². The van der Waals surface area contributed by atoms with Gasteiger partial charge in [-0.3, -0.25) is 4.79 Å². The van der Waals surface area contributed by atoms with Crippen LogP contribution in [-0.2, 0) is 6.42 Å². The molecule has 1 aliphatic heterocycles. The number of nitrogens with two attached hydrogens (primary N) is 1. The maximum atomic E-state index is 12.5. The summed E-state index contributed by atoms with van der Waals surface area (Å²) in [7, 11) is 0. The fourth-order valence-corrected chi connectivity index (χ4v) is 3.53. The van der Waals surface area contributed by atoms with E-state index in [1.807, 2.05) is 36.4 Å². The van der Waals surface area contributed by atoms with Crippen molar-refractivity contribution in [1.82, 2.24) is 4.90 Å². The summed E-state index contributed by atoms with van der Waals surface area (Å²) in [5.41, 5.74) is 8.45. The SMILES string of the molecule is N[C@@H](Cc1ccccc1)CN1CCC(C(=O)c2ccccc2)CC1. The number of rotatable bonds is 6. The molecule has 0 spiro atoms. The van der Waals surface area contributed by atoms with Gasteiger partial charge in [0, 0.05) is 24.1 Å². The van der Waals surface area contributed by atoms with Crippen LogP contribution in [0, 0.1) is 5.92 Å². The van der Waals surface area contributed by atoms with Gasteiger partial charge in [-0.2, -0.15) is 0 Å². The van der Waals surface area contributed by atoms with Gasteiger partial charge in [-0.1, -0.05) is 60.7 Å². The minimum atomic E-state index is 0.147. The lowest BCUT2D eigenvalue weighted by Gasteiger charge is -2.33. The molecule has 1 atom stereocenters. The third-order valence-corrected chi connectivity index (χ3v) is 4.85. The summed E-state index contributed by atoms with van der Waals surface area (Å²) < 4.78 is 0. The van der Waals surface area contributed by atoms with Crippen LogP contribution >= 0.6 is 0 Å². The highest BCUT2D eigenvalue weighted by molar-refractivity contribution is 5.97. The minimum absolute atomic E-state index is 0.147. The normalized spacial score (nSPS) is 17.5. The number of likely N-dealkylation sites (tertiary alicyclic amines) is 1. The molecule has 1 saturated heterocycles. The summed E-state index contributed by atoms with van der Waals surface area (Å²) in [5.74, 6) is 0.456. The Hall–Kier alpha value is -1.97. The van der Waals surface area contributed by atoms with E-state index in [0.29, 0.717) is 5.78 Å². The Bertz CT molecular complexity index is 633. The second-order valence-corrected chi connectivity index (χ2v) is 6.75. The van der Waals surface area contributed by atoms with E-state index < -0.39 is 0 Å². The molecule has 2 aromatic carbocycles. The molecule has 0 unspecified atom stereocenters. The molecule has 2 N–H and O–H groups in total. The quantitative estimate of drug-likeness (QED) is 0.831. The standard InChI is InChI=1S/C21H26N2O/c22-20(15-17-7-3-1-4-8-17)16-23-13-11-19(12-14-23)21(24)18-9-5-2-6-10-18/h1-10,19-20H,11-16,22H2/t20-/m0/s1. The van der Waals surface area contributed by atoms with Crippen molar-refractivity contribution in [2.24, 2.45) is 11.7 Å². The Kier molecular flexibility index (Phi) is 5.78. The zero-order valence-electron chi connectivity index (χ0n) is 14.1. The highest BCUT2D eigenvalue weighted by Gasteiger charge is 2.26. The average molecular weight is 322 g/mol. The zero-order chi connectivity index (χ0) is 16.8. The first-order valence-corrected chi connectivity index (χ1v) is 8.83. The number of piperidine rings is 1. The van der Waals surface area contributed by atoms with Crippen molar-refractivity contribution in [3.63, 3.8) is 0 Å². The van der Waals surface area contributed by atoms with E-state index in [1.54, 1.807) is 0 Å². The van der Waals surface area contributed by atoms with E-state index in [-0.39, 0.29) is 12.0 Å². The van der Waals surface area contributed by atoms with E-state index in [9.17, 15) is 4.79 Å². The monoisotopic (exact) mass is 322 g/mol. The van der Waals surface area contributed by atoms with E-state index in [2.05, 4.69) is 29.2 Å². The first kappa shape index (κ1) is 16.9. The summed E-state index contributed by atoms with van der Waals surface area (Å²) in [6.45, 7) is 2.83. The molecule has 0 saturated carbocycles. The first-order chi connectivity index (χ1) is 11.7. The van der Waals surface area contributed by atoms with Crippen LogP contribution in [-0.4, -0.2) is 36.4 Å². The first-order valence-electron chi connectivity index (χ1n) is 8.83. The van der Waals surface area contributed by atoms with Crippen molar-refractivity contribution in [3.05, 3.63) is 71.8 Å². The molecule has 3 rings (SSSR count). The molecule has 1 fully saturated rings. The number of nitrogens with zero attached hydrogens (tertiary/aromatic N) is 1. The van der Waals surface area contributed by atoms with Gasteiger partial charge in [-0.15, -0.1) is 0 Å². The minimum Gasteiger partial charge on any atom is -0.326 e. The van der Waals surface area contributed by atoms with Crippen molar-refractivity contribution in [2.45, 2.75) is 25.3 Å². The summed E-state index contributed by atoms with van der Waals surface area (Å²) in [4.78, 5) is 14.9. The fraction of sp³-hybridized carbons (Fsp3) is 0.381. The molecule has 2 aromatic rings. The third kappa shape index (κ3) is 4.53.